The Morgan fingerprint density at radius 2 is 1.63 bits per heavy atom. The molecule has 0 radical (unpaired) electrons. The first-order valence-corrected chi connectivity index (χ1v) is 10.8. The van der Waals surface area contributed by atoms with Crippen molar-refractivity contribution < 1.29 is 14.4 Å². The molecular formula is C25H36N3O2+. The summed E-state index contributed by atoms with van der Waals surface area (Å²) in [7, 11) is 4.09. The summed E-state index contributed by atoms with van der Waals surface area (Å²) in [6.45, 7) is 10.6. The second kappa shape index (κ2) is 9.63. The number of carbonyl (C=O) groups is 1. The van der Waals surface area contributed by atoms with Gasteiger partial charge in [-0.15, -0.1) is 0 Å². The predicted molar refractivity (Wildman–Crippen MR) is 123 cm³/mol. The molecule has 0 bridgehead atoms. The SMILES string of the molecule is CN(C)c1ccc([C@H](CNC(=O)c2ccc(C(C)(C)C)cc2)[NH+]2CCOCC2)cc1. The molecule has 2 aromatic carbocycles. The van der Waals surface area contributed by atoms with E-state index in [9.17, 15) is 4.79 Å². The van der Waals surface area contributed by atoms with E-state index >= 15 is 0 Å². The van der Waals surface area contributed by atoms with Crippen LogP contribution in [-0.4, -0.2) is 52.9 Å². The average molecular weight is 411 g/mol. The zero-order valence-corrected chi connectivity index (χ0v) is 19.0. The van der Waals surface area contributed by atoms with Gasteiger partial charge in [0.2, 0.25) is 0 Å². The Kier molecular flexibility index (Phi) is 7.16. The number of quaternary nitrogens is 1. The molecule has 1 heterocycles. The summed E-state index contributed by atoms with van der Waals surface area (Å²) < 4.78 is 5.55. The largest absolute Gasteiger partial charge is 0.378 e. The molecule has 2 aromatic rings. The van der Waals surface area contributed by atoms with Gasteiger partial charge in [-0.05, 0) is 35.2 Å². The van der Waals surface area contributed by atoms with Crippen molar-refractivity contribution >= 4 is 11.6 Å². The molecule has 1 aliphatic heterocycles. The molecule has 1 aliphatic rings. The quantitative estimate of drug-likeness (QED) is 0.769. The first-order chi connectivity index (χ1) is 14.3. The molecular weight excluding hydrogens is 374 g/mol. The molecule has 0 unspecified atom stereocenters. The molecule has 30 heavy (non-hydrogen) atoms. The first-order valence-electron chi connectivity index (χ1n) is 10.8. The van der Waals surface area contributed by atoms with Crippen LogP contribution < -0.4 is 15.1 Å². The lowest BCUT2D eigenvalue weighted by Gasteiger charge is -2.32. The fourth-order valence-corrected chi connectivity index (χ4v) is 3.90. The normalized spacial score (nSPS) is 16.2. The van der Waals surface area contributed by atoms with E-state index in [0.29, 0.717) is 12.1 Å². The summed E-state index contributed by atoms with van der Waals surface area (Å²) in [5.74, 6) is -0.0157. The van der Waals surface area contributed by atoms with Gasteiger partial charge in [-0.2, -0.15) is 0 Å². The molecule has 0 aliphatic carbocycles. The Labute approximate surface area is 181 Å². The first kappa shape index (κ1) is 22.3. The van der Waals surface area contributed by atoms with Crippen molar-refractivity contribution in [3.63, 3.8) is 0 Å². The minimum atomic E-state index is -0.0157. The van der Waals surface area contributed by atoms with Gasteiger partial charge in [0.25, 0.3) is 5.91 Å². The van der Waals surface area contributed by atoms with E-state index in [-0.39, 0.29) is 17.4 Å². The van der Waals surface area contributed by atoms with Crippen LogP contribution in [0.2, 0.25) is 0 Å². The smallest absolute Gasteiger partial charge is 0.251 e. The number of amides is 1. The van der Waals surface area contributed by atoms with Gasteiger partial charge < -0.3 is 19.9 Å². The van der Waals surface area contributed by atoms with Crippen molar-refractivity contribution in [3.05, 3.63) is 65.2 Å². The minimum absolute atomic E-state index is 0.0157. The van der Waals surface area contributed by atoms with Gasteiger partial charge in [0.15, 0.2) is 0 Å². The molecule has 2 N–H and O–H groups in total. The van der Waals surface area contributed by atoms with Crippen LogP contribution in [0.25, 0.3) is 0 Å². The van der Waals surface area contributed by atoms with Crippen LogP contribution in [0.1, 0.15) is 48.3 Å². The average Bonchev–Trinajstić information content (AvgIpc) is 2.74. The number of anilines is 1. The maximum Gasteiger partial charge on any atom is 0.251 e. The van der Waals surface area contributed by atoms with E-state index in [1.54, 1.807) is 0 Å². The van der Waals surface area contributed by atoms with Crippen LogP contribution in [0.15, 0.2) is 48.5 Å². The summed E-state index contributed by atoms with van der Waals surface area (Å²) in [6.07, 6.45) is 0. The fourth-order valence-electron chi connectivity index (χ4n) is 3.90. The molecule has 0 spiro atoms. The number of hydrogen-bond donors (Lipinski definition) is 2. The maximum atomic E-state index is 12.8. The third-order valence-corrected chi connectivity index (χ3v) is 5.92. The van der Waals surface area contributed by atoms with Crippen molar-refractivity contribution in [1.29, 1.82) is 0 Å². The topological polar surface area (TPSA) is 46.0 Å². The van der Waals surface area contributed by atoms with Gasteiger partial charge in [0.1, 0.15) is 19.1 Å². The summed E-state index contributed by atoms with van der Waals surface area (Å²) in [6, 6.07) is 16.8. The molecule has 1 fully saturated rings. The van der Waals surface area contributed by atoms with E-state index in [1.165, 1.54) is 21.7 Å². The predicted octanol–water partition coefficient (Wildman–Crippen LogP) is 2.44. The van der Waals surface area contributed by atoms with Crippen LogP contribution in [0.4, 0.5) is 5.69 Å². The highest BCUT2D eigenvalue weighted by Gasteiger charge is 2.27. The van der Waals surface area contributed by atoms with Gasteiger partial charge in [0, 0.05) is 30.9 Å². The van der Waals surface area contributed by atoms with E-state index in [2.05, 4.69) is 67.4 Å². The lowest BCUT2D eigenvalue weighted by molar-refractivity contribution is -0.937. The summed E-state index contributed by atoms with van der Waals surface area (Å²) >= 11 is 0. The van der Waals surface area contributed by atoms with E-state index < -0.39 is 0 Å². The van der Waals surface area contributed by atoms with Gasteiger partial charge in [0.05, 0.1) is 19.8 Å². The third kappa shape index (κ3) is 5.61. The Balaban J connectivity index is 1.72. The maximum absolute atomic E-state index is 12.8. The number of benzene rings is 2. The van der Waals surface area contributed by atoms with Crippen LogP contribution in [0.5, 0.6) is 0 Å². The molecule has 5 nitrogen and oxygen atoms in total. The second-order valence-corrected chi connectivity index (χ2v) is 9.35. The van der Waals surface area contributed by atoms with E-state index in [4.69, 9.17) is 4.74 Å². The summed E-state index contributed by atoms with van der Waals surface area (Å²) in [4.78, 5) is 16.4. The zero-order chi connectivity index (χ0) is 21.7. The lowest BCUT2D eigenvalue weighted by Crippen LogP contribution is -3.15. The van der Waals surface area contributed by atoms with Crippen LogP contribution in [-0.2, 0) is 10.2 Å². The van der Waals surface area contributed by atoms with Gasteiger partial charge in [-0.25, -0.2) is 0 Å². The number of rotatable bonds is 6. The minimum Gasteiger partial charge on any atom is -0.378 e. The Morgan fingerprint density at radius 3 is 2.17 bits per heavy atom. The zero-order valence-electron chi connectivity index (χ0n) is 19.0. The number of ether oxygens (including phenoxy) is 1. The number of carbonyl (C=O) groups excluding carboxylic acids is 1. The third-order valence-electron chi connectivity index (χ3n) is 5.92. The number of nitrogens with zero attached hydrogens (tertiary/aromatic N) is 1. The molecule has 162 valence electrons. The van der Waals surface area contributed by atoms with Gasteiger partial charge in [-0.1, -0.05) is 45.0 Å². The highest BCUT2D eigenvalue weighted by Crippen LogP contribution is 2.22. The molecule has 0 aromatic heterocycles. The van der Waals surface area contributed by atoms with Crippen molar-refractivity contribution in [3.8, 4) is 0 Å². The van der Waals surface area contributed by atoms with E-state index in [0.717, 1.165) is 26.3 Å². The van der Waals surface area contributed by atoms with Crippen molar-refractivity contribution in [2.24, 2.45) is 0 Å². The molecule has 5 heteroatoms. The summed E-state index contributed by atoms with van der Waals surface area (Å²) in [5, 5.41) is 3.18. The standard InChI is InChI=1S/C25H35N3O2/c1-25(2,3)21-10-6-20(7-11-21)24(29)26-18-23(28-14-16-30-17-15-28)19-8-12-22(13-9-19)27(4)5/h6-13,23H,14-18H2,1-5H3,(H,26,29)/p+1/t23-/m0/s1. The van der Waals surface area contributed by atoms with Gasteiger partial charge in [-0.3, -0.25) is 4.79 Å². The number of morpholine rings is 1. The van der Waals surface area contributed by atoms with Gasteiger partial charge >= 0.3 is 0 Å². The Bertz CT molecular complexity index is 817. The van der Waals surface area contributed by atoms with E-state index in [1.807, 2.05) is 26.2 Å². The molecule has 1 atom stereocenters. The van der Waals surface area contributed by atoms with Crippen LogP contribution in [0.3, 0.4) is 0 Å². The Hall–Kier alpha value is -2.37. The highest BCUT2D eigenvalue weighted by molar-refractivity contribution is 5.94. The van der Waals surface area contributed by atoms with Crippen molar-refractivity contribution in [2.75, 3.05) is 51.8 Å². The van der Waals surface area contributed by atoms with Crippen LogP contribution >= 0.6 is 0 Å². The number of nitrogens with one attached hydrogen (secondary N) is 2. The fraction of sp³-hybridized carbons (Fsp3) is 0.480. The number of hydrogen-bond acceptors (Lipinski definition) is 3. The molecule has 0 saturated carbocycles. The highest BCUT2D eigenvalue weighted by atomic mass is 16.5. The second-order valence-electron chi connectivity index (χ2n) is 9.35. The lowest BCUT2D eigenvalue weighted by atomic mass is 9.87. The molecule has 3 rings (SSSR count). The van der Waals surface area contributed by atoms with Crippen molar-refractivity contribution in [1.82, 2.24) is 5.32 Å². The van der Waals surface area contributed by atoms with Crippen LogP contribution in [0, 0.1) is 0 Å². The summed E-state index contributed by atoms with van der Waals surface area (Å²) in [5.41, 5.74) is 4.45. The van der Waals surface area contributed by atoms with Crippen molar-refractivity contribution in [2.45, 2.75) is 32.2 Å². The Morgan fingerprint density at radius 1 is 1.03 bits per heavy atom. The molecule has 1 amide bonds. The molecule has 1 saturated heterocycles. The monoisotopic (exact) mass is 410 g/mol.